The van der Waals surface area contributed by atoms with E-state index in [0.717, 1.165) is 5.75 Å². The highest BCUT2D eigenvalue weighted by Crippen LogP contribution is 2.55. The van der Waals surface area contributed by atoms with Crippen LogP contribution in [0.5, 0.6) is 11.5 Å². The van der Waals surface area contributed by atoms with E-state index < -0.39 is 7.51 Å². The quantitative estimate of drug-likeness (QED) is 0.403. The van der Waals surface area contributed by atoms with E-state index in [1.807, 2.05) is 95.9 Å². The minimum absolute atomic E-state index is 0.399. The first-order chi connectivity index (χ1) is 12.0. The van der Waals surface area contributed by atoms with E-state index in [2.05, 4.69) is 18.9 Å². The first kappa shape index (κ1) is 19.5. The molecule has 0 amide bonds. The third kappa shape index (κ3) is 4.83. The van der Waals surface area contributed by atoms with Crippen LogP contribution in [-0.4, -0.2) is 56.0 Å². The van der Waals surface area contributed by atoms with Crippen LogP contribution in [0.3, 0.4) is 0 Å². The summed E-state index contributed by atoms with van der Waals surface area (Å²) in [6.07, 6.45) is 0. The smallest absolute Gasteiger partial charge is 0.213 e. The van der Waals surface area contributed by atoms with Crippen molar-refractivity contribution in [2.45, 2.75) is 0 Å². The Kier molecular flexibility index (Phi) is 7.02. The second-order valence-corrected chi connectivity index (χ2v) is 9.48. The monoisotopic (exact) mass is 362 g/mol. The molecular formula is C18H27N4O2P. The first-order valence-corrected chi connectivity index (χ1v) is 9.65. The summed E-state index contributed by atoms with van der Waals surface area (Å²) >= 11 is 0. The number of hydrogen-bond donors (Lipinski definition) is 0. The van der Waals surface area contributed by atoms with Crippen molar-refractivity contribution in [3.8, 4) is 11.5 Å². The number of para-hydroxylation sites is 2. The third-order valence-corrected chi connectivity index (χ3v) is 7.17. The average molecular weight is 362 g/mol. The van der Waals surface area contributed by atoms with Crippen LogP contribution in [0.25, 0.3) is 0 Å². The Morgan fingerprint density at radius 3 is 1.72 bits per heavy atom. The molecule has 2 aromatic rings. The topological polar surface area (TPSA) is 40.5 Å². The maximum atomic E-state index is 5.91. The molecular weight excluding hydrogens is 335 g/mol. The van der Waals surface area contributed by atoms with Gasteiger partial charge in [0.2, 0.25) is 7.51 Å². The van der Waals surface area contributed by atoms with Gasteiger partial charge in [-0.15, -0.1) is 0 Å². The summed E-state index contributed by atoms with van der Waals surface area (Å²) in [4.78, 5) is 10.4. The van der Waals surface area contributed by atoms with E-state index in [1.165, 1.54) is 0 Å². The van der Waals surface area contributed by atoms with Crippen LogP contribution < -0.4 is 9.57 Å². The third-order valence-electron chi connectivity index (χ3n) is 3.69. The average Bonchev–Trinajstić information content (AvgIpc) is 2.61. The van der Waals surface area contributed by atoms with Gasteiger partial charge < -0.3 is 9.57 Å². The highest BCUT2D eigenvalue weighted by molar-refractivity contribution is 7.58. The summed E-state index contributed by atoms with van der Waals surface area (Å²) in [6, 6.07) is 19.4. The van der Waals surface area contributed by atoms with Crippen molar-refractivity contribution in [2.75, 3.05) is 42.0 Å². The molecule has 0 spiro atoms. The molecule has 2 aromatic carbocycles. The zero-order valence-electron chi connectivity index (χ0n) is 15.5. The van der Waals surface area contributed by atoms with Crippen molar-refractivity contribution in [3.05, 3.63) is 60.7 Å². The standard InChI is InChI=1S/C18H27N4O2P/c1-20(2)25(21(3)4,19-24-18-14-10-7-11-15-18)22(5)16-23-17-12-8-6-9-13-17/h6-15H,16H2,1-5H3. The number of hydrogen-bond acceptors (Lipinski definition) is 3. The van der Waals surface area contributed by atoms with E-state index in [1.54, 1.807) is 0 Å². The molecule has 0 fully saturated rings. The minimum Gasteiger partial charge on any atom is -0.478 e. The Morgan fingerprint density at radius 2 is 1.24 bits per heavy atom. The molecule has 7 heteroatoms. The van der Waals surface area contributed by atoms with Crippen molar-refractivity contribution in [3.63, 3.8) is 0 Å². The van der Waals surface area contributed by atoms with Gasteiger partial charge in [-0.2, -0.15) is 0 Å². The van der Waals surface area contributed by atoms with Gasteiger partial charge in [-0.05, 0) is 59.5 Å². The Balaban J connectivity index is 2.24. The van der Waals surface area contributed by atoms with E-state index >= 15 is 0 Å². The maximum absolute atomic E-state index is 5.91. The minimum atomic E-state index is -2.26. The summed E-state index contributed by atoms with van der Waals surface area (Å²) in [5, 5.41) is 0. The fourth-order valence-electron chi connectivity index (χ4n) is 2.52. The van der Waals surface area contributed by atoms with E-state index in [4.69, 9.17) is 9.57 Å². The lowest BCUT2D eigenvalue weighted by Crippen LogP contribution is -2.35. The van der Waals surface area contributed by atoms with Crippen molar-refractivity contribution < 1.29 is 9.57 Å². The predicted octanol–water partition coefficient (Wildman–Crippen LogP) is 4.02. The molecule has 0 unspecified atom stereocenters. The van der Waals surface area contributed by atoms with Crippen LogP contribution in [-0.2, 0) is 0 Å². The summed E-state index contributed by atoms with van der Waals surface area (Å²) < 4.78 is 12.2. The summed E-state index contributed by atoms with van der Waals surface area (Å²) in [5.74, 6) is 1.54. The Labute approximate surface area is 150 Å². The Bertz CT molecular complexity index is 681. The van der Waals surface area contributed by atoms with Crippen molar-refractivity contribution in [1.29, 1.82) is 0 Å². The van der Waals surface area contributed by atoms with Crippen LogP contribution >= 0.6 is 7.51 Å². The summed E-state index contributed by atoms with van der Waals surface area (Å²) in [6.45, 7) is 0.399. The summed E-state index contributed by atoms with van der Waals surface area (Å²) in [7, 11) is 7.76. The zero-order chi connectivity index (χ0) is 18.3. The number of nitrogens with zero attached hydrogens (tertiary/aromatic N) is 4. The highest BCUT2D eigenvalue weighted by Gasteiger charge is 2.33. The molecule has 0 heterocycles. The van der Waals surface area contributed by atoms with Gasteiger partial charge in [0.1, 0.15) is 12.5 Å². The Hall–Kier alpha value is -1.85. The molecule has 0 saturated carbocycles. The molecule has 6 nitrogen and oxygen atoms in total. The molecule has 0 saturated heterocycles. The van der Waals surface area contributed by atoms with Gasteiger partial charge in [-0.3, -0.25) is 0 Å². The van der Waals surface area contributed by atoms with E-state index in [9.17, 15) is 0 Å². The maximum Gasteiger partial charge on any atom is 0.213 e. The van der Waals surface area contributed by atoms with Gasteiger partial charge in [0.25, 0.3) is 0 Å². The van der Waals surface area contributed by atoms with Gasteiger partial charge >= 0.3 is 0 Å². The largest absolute Gasteiger partial charge is 0.478 e. The molecule has 0 aliphatic rings. The van der Waals surface area contributed by atoms with Gasteiger partial charge in [0.15, 0.2) is 5.75 Å². The molecule has 0 bridgehead atoms. The van der Waals surface area contributed by atoms with Crippen LogP contribution in [0.2, 0.25) is 0 Å². The van der Waals surface area contributed by atoms with Crippen molar-refractivity contribution in [2.24, 2.45) is 4.91 Å². The lowest BCUT2D eigenvalue weighted by atomic mass is 10.3. The van der Waals surface area contributed by atoms with Crippen LogP contribution in [0.1, 0.15) is 0 Å². The normalized spacial score (nSPS) is 11.8. The van der Waals surface area contributed by atoms with Crippen LogP contribution in [0, 0.1) is 0 Å². The van der Waals surface area contributed by atoms with E-state index in [0.29, 0.717) is 12.5 Å². The van der Waals surface area contributed by atoms with Gasteiger partial charge in [0, 0.05) is 0 Å². The summed E-state index contributed by atoms with van der Waals surface area (Å²) in [5.41, 5.74) is 0. The zero-order valence-corrected chi connectivity index (χ0v) is 16.4. The molecule has 0 radical (unpaired) electrons. The molecule has 2 rings (SSSR count). The van der Waals surface area contributed by atoms with Gasteiger partial charge in [-0.25, -0.2) is 14.0 Å². The lowest BCUT2D eigenvalue weighted by Gasteiger charge is -2.40. The van der Waals surface area contributed by atoms with Gasteiger partial charge in [0.05, 0.1) is 0 Å². The predicted molar refractivity (Wildman–Crippen MR) is 103 cm³/mol. The molecule has 0 aliphatic heterocycles. The second kappa shape index (κ2) is 9.02. The first-order valence-electron chi connectivity index (χ1n) is 8.05. The number of rotatable bonds is 8. The molecule has 0 atom stereocenters. The van der Waals surface area contributed by atoms with Crippen molar-refractivity contribution in [1.82, 2.24) is 14.0 Å². The van der Waals surface area contributed by atoms with Crippen LogP contribution in [0.15, 0.2) is 65.6 Å². The molecule has 0 N–H and O–H groups in total. The number of ether oxygens (including phenoxy) is 1. The SMILES string of the molecule is CN(C)P(=NOc1ccccc1)(N(C)C)N(C)COc1ccccc1. The van der Waals surface area contributed by atoms with Crippen molar-refractivity contribution >= 4 is 7.51 Å². The van der Waals surface area contributed by atoms with Crippen LogP contribution in [0.4, 0.5) is 0 Å². The lowest BCUT2D eigenvalue weighted by molar-refractivity contribution is 0.207. The van der Waals surface area contributed by atoms with Gasteiger partial charge in [-0.1, -0.05) is 41.3 Å². The molecule has 136 valence electrons. The fraction of sp³-hybridized carbons (Fsp3) is 0.333. The highest BCUT2D eigenvalue weighted by atomic mass is 31.2. The number of benzene rings is 2. The molecule has 25 heavy (non-hydrogen) atoms. The Morgan fingerprint density at radius 1 is 0.760 bits per heavy atom. The second-order valence-electron chi connectivity index (χ2n) is 5.96. The fourth-order valence-corrected chi connectivity index (χ4v) is 5.29. The van der Waals surface area contributed by atoms with E-state index in [-0.39, 0.29) is 0 Å². The molecule has 0 aliphatic carbocycles. The molecule has 0 aromatic heterocycles.